The molecular weight excluding hydrogens is 338 g/mol. The molecule has 8 heteroatoms. The molecule has 0 saturated carbocycles. The first kappa shape index (κ1) is 18.6. The van der Waals surface area contributed by atoms with Gasteiger partial charge in [-0.25, -0.2) is 12.8 Å². The van der Waals surface area contributed by atoms with Crippen molar-refractivity contribution in [3.05, 3.63) is 29.0 Å². The highest BCUT2D eigenvalue weighted by atomic mass is 35.5. The summed E-state index contributed by atoms with van der Waals surface area (Å²) in [6.45, 7) is 1.74. The average Bonchev–Trinajstić information content (AvgIpc) is 2.41. The summed E-state index contributed by atoms with van der Waals surface area (Å²) in [6, 6.07) is 3.47. The molecule has 1 aliphatic heterocycles. The Morgan fingerprint density at radius 1 is 1.33 bits per heavy atom. The van der Waals surface area contributed by atoms with Crippen molar-refractivity contribution in [1.29, 1.82) is 0 Å². The molecule has 1 aliphatic rings. The summed E-state index contributed by atoms with van der Waals surface area (Å²) in [7, 11) is -0.0413. The number of likely N-dealkylation sites (tertiary alicyclic amines) is 1. The first-order valence-corrected chi connectivity index (χ1v) is 8.26. The molecule has 0 aromatic heterocycles. The third-order valence-corrected chi connectivity index (χ3v) is 5.97. The summed E-state index contributed by atoms with van der Waals surface area (Å²) in [5.74, 6) is -0.618. The summed E-state index contributed by atoms with van der Waals surface area (Å²) >= 11 is 5.66. The fourth-order valence-corrected chi connectivity index (χ4v) is 4.05. The number of sulfonamides is 1. The van der Waals surface area contributed by atoms with Crippen LogP contribution in [0.15, 0.2) is 23.1 Å². The van der Waals surface area contributed by atoms with E-state index in [1.165, 1.54) is 10.4 Å². The predicted octanol–water partition coefficient (Wildman–Crippen LogP) is 2.62. The number of hydrogen-bond donors (Lipinski definition) is 0. The number of hydrogen-bond acceptors (Lipinski definition) is 3. The van der Waals surface area contributed by atoms with Crippen molar-refractivity contribution in [3.8, 4) is 0 Å². The maximum atomic E-state index is 13.1. The fraction of sp³-hybridized carbons (Fsp3) is 0.538. The van der Waals surface area contributed by atoms with Crippen molar-refractivity contribution >= 4 is 34.0 Å². The van der Waals surface area contributed by atoms with E-state index in [4.69, 9.17) is 11.6 Å². The Kier molecular flexibility index (Phi) is 6.43. The fourth-order valence-electron chi connectivity index (χ4n) is 2.36. The van der Waals surface area contributed by atoms with Crippen molar-refractivity contribution in [2.24, 2.45) is 0 Å². The molecule has 1 aromatic carbocycles. The monoisotopic (exact) mass is 356 g/mol. The molecule has 21 heavy (non-hydrogen) atoms. The van der Waals surface area contributed by atoms with E-state index in [9.17, 15) is 12.8 Å². The zero-order chi connectivity index (χ0) is 14.9. The van der Waals surface area contributed by atoms with Gasteiger partial charge in [-0.1, -0.05) is 11.6 Å². The Balaban J connectivity index is 0.00000220. The van der Waals surface area contributed by atoms with Crippen LogP contribution in [0, 0.1) is 5.82 Å². The van der Waals surface area contributed by atoms with Crippen molar-refractivity contribution in [2.45, 2.75) is 23.8 Å². The molecule has 0 atom stereocenters. The minimum atomic E-state index is -3.63. The molecule has 0 N–H and O–H groups in total. The number of halogens is 3. The lowest BCUT2D eigenvalue weighted by atomic mass is 10.1. The quantitative estimate of drug-likeness (QED) is 0.835. The van der Waals surface area contributed by atoms with E-state index in [2.05, 4.69) is 4.90 Å². The highest BCUT2D eigenvalue weighted by Crippen LogP contribution is 2.25. The predicted molar refractivity (Wildman–Crippen MR) is 84.1 cm³/mol. The smallest absolute Gasteiger partial charge is 0.243 e. The lowest BCUT2D eigenvalue weighted by Crippen LogP contribution is -2.44. The van der Waals surface area contributed by atoms with Crippen LogP contribution in [0.2, 0.25) is 5.02 Å². The number of benzene rings is 1. The van der Waals surface area contributed by atoms with Gasteiger partial charge in [-0.15, -0.1) is 12.4 Å². The standard InChI is InChI=1S/C13H18ClFN2O2S.ClH/c1-16-7-5-10(6-8-16)17(2)20(18,19)11-3-4-13(15)12(14)9-11;/h3-4,9-10H,5-8H2,1-2H3;1H. The highest BCUT2D eigenvalue weighted by Gasteiger charge is 2.30. The molecule has 1 fully saturated rings. The number of piperidine rings is 1. The van der Waals surface area contributed by atoms with Crippen LogP contribution in [-0.2, 0) is 10.0 Å². The van der Waals surface area contributed by atoms with Crippen LogP contribution < -0.4 is 0 Å². The van der Waals surface area contributed by atoms with Crippen molar-refractivity contribution < 1.29 is 12.8 Å². The van der Waals surface area contributed by atoms with Gasteiger partial charge >= 0.3 is 0 Å². The Morgan fingerprint density at radius 3 is 2.43 bits per heavy atom. The zero-order valence-electron chi connectivity index (χ0n) is 11.9. The summed E-state index contributed by atoms with van der Waals surface area (Å²) < 4.78 is 39.5. The topological polar surface area (TPSA) is 40.6 Å². The van der Waals surface area contributed by atoms with Gasteiger partial charge in [-0.05, 0) is 51.2 Å². The van der Waals surface area contributed by atoms with Gasteiger partial charge in [0.05, 0.1) is 9.92 Å². The lowest BCUT2D eigenvalue weighted by molar-refractivity contribution is 0.197. The Morgan fingerprint density at radius 2 is 1.90 bits per heavy atom. The molecule has 1 saturated heterocycles. The zero-order valence-corrected chi connectivity index (χ0v) is 14.3. The molecule has 4 nitrogen and oxygen atoms in total. The maximum Gasteiger partial charge on any atom is 0.243 e. The third kappa shape index (κ3) is 4.07. The van der Waals surface area contributed by atoms with Crippen LogP contribution >= 0.6 is 24.0 Å². The van der Waals surface area contributed by atoms with Crippen LogP contribution in [0.5, 0.6) is 0 Å². The van der Waals surface area contributed by atoms with Crippen LogP contribution in [0.1, 0.15) is 12.8 Å². The van der Waals surface area contributed by atoms with Crippen LogP contribution in [0.4, 0.5) is 4.39 Å². The van der Waals surface area contributed by atoms with Gasteiger partial charge < -0.3 is 4.90 Å². The van der Waals surface area contributed by atoms with Crippen LogP contribution in [0.25, 0.3) is 0 Å². The van der Waals surface area contributed by atoms with Crippen LogP contribution in [0.3, 0.4) is 0 Å². The van der Waals surface area contributed by atoms with E-state index >= 15 is 0 Å². The van der Waals surface area contributed by atoms with Gasteiger partial charge in [0.15, 0.2) is 0 Å². The summed E-state index contributed by atoms with van der Waals surface area (Å²) in [4.78, 5) is 2.21. The van der Waals surface area contributed by atoms with Gasteiger partial charge in [-0.2, -0.15) is 4.31 Å². The minimum absolute atomic E-state index is 0. The second-order valence-corrected chi connectivity index (χ2v) is 7.54. The molecule has 0 bridgehead atoms. The van der Waals surface area contributed by atoms with Gasteiger partial charge in [0, 0.05) is 13.1 Å². The molecule has 0 amide bonds. The Labute approximate surface area is 136 Å². The van der Waals surface area contributed by atoms with Crippen molar-refractivity contribution in [3.63, 3.8) is 0 Å². The second-order valence-electron chi connectivity index (χ2n) is 5.13. The van der Waals surface area contributed by atoms with E-state index in [1.54, 1.807) is 7.05 Å². The van der Waals surface area contributed by atoms with E-state index < -0.39 is 15.8 Å². The molecule has 1 aromatic rings. The Bertz CT molecular complexity index is 590. The van der Waals surface area contributed by atoms with Crippen molar-refractivity contribution in [2.75, 3.05) is 27.2 Å². The van der Waals surface area contributed by atoms with Gasteiger partial charge in [0.2, 0.25) is 10.0 Å². The lowest BCUT2D eigenvalue weighted by Gasteiger charge is -2.34. The van der Waals surface area contributed by atoms with E-state index in [0.29, 0.717) is 0 Å². The molecular formula is C13H19Cl2FN2O2S. The highest BCUT2D eigenvalue weighted by molar-refractivity contribution is 7.89. The van der Waals surface area contributed by atoms with Crippen molar-refractivity contribution in [1.82, 2.24) is 9.21 Å². The van der Waals surface area contributed by atoms with Gasteiger partial charge in [-0.3, -0.25) is 0 Å². The molecule has 2 rings (SSSR count). The number of rotatable bonds is 3. The molecule has 1 heterocycles. The second kappa shape index (κ2) is 7.24. The first-order valence-electron chi connectivity index (χ1n) is 6.44. The minimum Gasteiger partial charge on any atom is -0.306 e. The van der Waals surface area contributed by atoms with Crippen LogP contribution in [-0.4, -0.2) is 50.8 Å². The molecule has 0 spiro atoms. The average molecular weight is 357 g/mol. The van der Waals surface area contributed by atoms with E-state index in [-0.39, 0.29) is 28.4 Å². The molecule has 0 radical (unpaired) electrons. The molecule has 0 aliphatic carbocycles. The van der Waals surface area contributed by atoms with E-state index in [0.717, 1.165) is 38.1 Å². The summed E-state index contributed by atoms with van der Waals surface area (Å²) in [5, 5.41) is -0.178. The summed E-state index contributed by atoms with van der Waals surface area (Å²) in [5.41, 5.74) is 0. The maximum absolute atomic E-state index is 13.1. The SMILES string of the molecule is CN1CCC(N(C)S(=O)(=O)c2ccc(F)c(Cl)c2)CC1.Cl. The normalized spacial score (nSPS) is 17.8. The van der Waals surface area contributed by atoms with E-state index in [1.807, 2.05) is 7.05 Å². The van der Waals surface area contributed by atoms with Gasteiger partial charge in [0.1, 0.15) is 5.82 Å². The first-order chi connectivity index (χ1) is 9.32. The number of nitrogens with zero attached hydrogens (tertiary/aromatic N) is 2. The third-order valence-electron chi connectivity index (χ3n) is 3.77. The van der Waals surface area contributed by atoms with Gasteiger partial charge in [0.25, 0.3) is 0 Å². The molecule has 120 valence electrons. The molecule has 0 unspecified atom stereocenters. The summed E-state index contributed by atoms with van der Waals surface area (Å²) in [6.07, 6.45) is 1.59. The Hall–Kier alpha value is -0.400. The largest absolute Gasteiger partial charge is 0.306 e.